The third kappa shape index (κ3) is 3.61. The Hall–Kier alpha value is -2.70. The number of anilines is 1. The predicted molar refractivity (Wildman–Crippen MR) is 101 cm³/mol. The second-order valence-electron chi connectivity index (χ2n) is 6.12. The van der Waals surface area contributed by atoms with Gasteiger partial charge < -0.3 is 10.4 Å². The SMILES string of the molecule is Cc1ccc(Cl)cc1-n1nnc(C(=O)Nc2ccc([C@@H](C)O)cc2)c1C. The van der Waals surface area contributed by atoms with E-state index in [2.05, 4.69) is 15.6 Å². The number of nitrogens with one attached hydrogen (secondary N) is 1. The highest BCUT2D eigenvalue weighted by Gasteiger charge is 2.18. The number of aryl methyl sites for hydroxylation is 1. The summed E-state index contributed by atoms with van der Waals surface area (Å²) < 4.78 is 1.60. The monoisotopic (exact) mass is 370 g/mol. The van der Waals surface area contributed by atoms with Crippen molar-refractivity contribution in [2.75, 3.05) is 5.32 Å². The van der Waals surface area contributed by atoms with E-state index in [1.165, 1.54) is 0 Å². The first-order valence-electron chi connectivity index (χ1n) is 8.15. The van der Waals surface area contributed by atoms with Crippen LogP contribution in [0.15, 0.2) is 42.5 Å². The zero-order valence-corrected chi connectivity index (χ0v) is 15.4. The molecule has 1 aromatic heterocycles. The van der Waals surface area contributed by atoms with Gasteiger partial charge >= 0.3 is 0 Å². The van der Waals surface area contributed by atoms with Crippen LogP contribution in [0.3, 0.4) is 0 Å². The third-order valence-electron chi connectivity index (χ3n) is 4.16. The third-order valence-corrected chi connectivity index (χ3v) is 4.40. The Morgan fingerprint density at radius 2 is 1.88 bits per heavy atom. The Balaban J connectivity index is 1.85. The van der Waals surface area contributed by atoms with Crippen molar-refractivity contribution in [2.24, 2.45) is 0 Å². The van der Waals surface area contributed by atoms with E-state index in [9.17, 15) is 9.90 Å². The molecule has 1 heterocycles. The Morgan fingerprint density at radius 1 is 1.19 bits per heavy atom. The van der Waals surface area contributed by atoms with Crippen LogP contribution in [-0.4, -0.2) is 26.0 Å². The molecule has 0 radical (unpaired) electrons. The number of hydrogen-bond donors (Lipinski definition) is 2. The fourth-order valence-electron chi connectivity index (χ4n) is 2.61. The second kappa shape index (κ2) is 7.27. The first kappa shape index (κ1) is 18.1. The van der Waals surface area contributed by atoms with Crippen LogP contribution in [0.4, 0.5) is 5.69 Å². The summed E-state index contributed by atoms with van der Waals surface area (Å²) in [5, 5.41) is 21.1. The summed E-state index contributed by atoms with van der Waals surface area (Å²) >= 11 is 6.07. The van der Waals surface area contributed by atoms with Crippen molar-refractivity contribution in [1.82, 2.24) is 15.0 Å². The molecule has 0 saturated heterocycles. The van der Waals surface area contributed by atoms with E-state index in [1.807, 2.05) is 13.0 Å². The zero-order chi connectivity index (χ0) is 18.8. The van der Waals surface area contributed by atoms with E-state index in [1.54, 1.807) is 54.9 Å². The number of benzene rings is 2. The van der Waals surface area contributed by atoms with Crippen LogP contribution in [-0.2, 0) is 0 Å². The summed E-state index contributed by atoms with van der Waals surface area (Å²) in [7, 11) is 0. The molecule has 2 N–H and O–H groups in total. The minimum absolute atomic E-state index is 0.240. The highest BCUT2D eigenvalue weighted by atomic mass is 35.5. The Kier molecular flexibility index (Phi) is 5.06. The van der Waals surface area contributed by atoms with Crippen LogP contribution in [0, 0.1) is 13.8 Å². The zero-order valence-electron chi connectivity index (χ0n) is 14.7. The number of aliphatic hydroxyl groups excluding tert-OH is 1. The van der Waals surface area contributed by atoms with Crippen molar-refractivity contribution in [3.05, 3.63) is 70.0 Å². The van der Waals surface area contributed by atoms with E-state index < -0.39 is 6.10 Å². The van der Waals surface area contributed by atoms with E-state index >= 15 is 0 Å². The van der Waals surface area contributed by atoms with Gasteiger partial charge in [-0.15, -0.1) is 5.10 Å². The molecule has 1 atom stereocenters. The summed E-state index contributed by atoms with van der Waals surface area (Å²) in [5.74, 6) is -0.349. The number of carbonyl (C=O) groups is 1. The summed E-state index contributed by atoms with van der Waals surface area (Å²) in [6.07, 6.45) is -0.553. The van der Waals surface area contributed by atoms with Gasteiger partial charge in [-0.1, -0.05) is 35.0 Å². The van der Waals surface area contributed by atoms with Crippen molar-refractivity contribution in [2.45, 2.75) is 26.9 Å². The number of halogens is 1. The quantitative estimate of drug-likeness (QED) is 0.731. The van der Waals surface area contributed by atoms with E-state index in [0.29, 0.717) is 16.4 Å². The molecule has 134 valence electrons. The summed E-state index contributed by atoms with van der Waals surface area (Å²) in [4.78, 5) is 12.5. The maximum Gasteiger partial charge on any atom is 0.278 e. The predicted octanol–water partition coefficient (Wildman–Crippen LogP) is 3.84. The normalized spacial score (nSPS) is 12.0. The van der Waals surface area contributed by atoms with Crippen LogP contribution in [0.2, 0.25) is 5.02 Å². The van der Waals surface area contributed by atoms with Gasteiger partial charge in [0.15, 0.2) is 5.69 Å². The lowest BCUT2D eigenvalue weighted by Crippen LogP contribution is -2.14. The highest BCUT2D eigenvalue weighted by Crippen LogP contribution is 2.21. The molecule has 6 nitrogen and oxygen atoms in total. The molecule has 1 amide bonds. The average molecular weight is 371 g/mol. The highest BCUT2D eigenvalue weighted by molar-refractivity contribution is 6.30. The molecular weight excluding hydrogens is 352 g/mol. The summed E-state index contributed by atoms with van der Waals surface area (Å²) in [6, 6.07) is 12.5. The fourth-order valence-corrected chi connectivity index (χ4v) is 2.78. The standard InChI is InChI=1S/C19H19ClN4O2/c1-11-4-7-15(20)10-17(11)24-12(2)18(22-23-24)19(26)21-16-8-5-14(6-9-16)13(3)25/h4-10,13,25H,1-3H3,(H,21,26)/t13-/m1/s1. The van der Waals surface area contributed by atoms with Gasteiger partial charge in [0.05, 0.1) is 17.5 Å². The molecule has 26 heavy (non-hydrogen) atoms. The smallest absolute Gasteiger partial charge is 0.278 e. The summed E-state index contributed by atoms with van der Waals surface area (Å²) in [6.45, 7) is 5.41. The van der Waals surface area contributed by atoms with Gasteiger partial charge in [0.1, 0.15) is 0 Å². The number of aromatic nitrogens is 3. The Labute approximate surface area is 156 Å². The molecule has 0 aliphatic rings. The van der Waals surface area contributed by atoms with Gasteiger partial charge in [0.2, 0.25) is 0 Å². The van der Waals surface area contributed by atoms with Crippen molar-refractivity contribution in [3.63, 3.8) is 0 Å². The first-order chi connectivity index (χ1) is 12.4. The second-order valence-corrected chi connectivity index (χ2v) is 6.55. The molecule has 0 saturated carbocycles. The molecule has 7 heteroatoms. The molecule has 3 aromatic rings. The van der Waals surface area contributed by atoms with Crippen molar-refractivity contribution in [3.8, 4) is 5.69 Å². The number of hydrogen-bond acceptors (Lipinski definition) is 4. The lowest BCUT2D eigenvalue weighted by atomic mass is 10.1. The van der Waals surface area contributed by atoms with E-state index in [0.717, 1.165) is 16.8 Å². The van der Waals surface area contributed by atoms with Gasteiger partial charge in [0.25, 0.3) is 5.91 Å². The van der Waals surface area contributed by atoms with Gasteiger partial charge in [-0.05, 0) is 56.2 Å². The van der Waals surface area contributed by atoms with Crippen molar-refractivity contribution < 1.29 is 9.90 Å². The molecule has 0 spiro atoms. The van der Waals surface area contributed by atoms with Crippen LogP contribution in [0.5, 0.6) is 0 Å². The van der Waals surface area contributed by atoms with Crippen LogP contribution in [0.1, 0.15) is 40.3 Å². The molecule has 0 fully saturated rings. The first-order valence-corrected chi connectivity index (χ1v) is 8.53. The number of amides is 1. The molecule has 0 aliphatic heterocycles. The van der Waals surface area contributed by atoms with Gasteiger partial charge in [-0.25, -0.2) is 4.68 Å². The molecule has 3 rings (SSSR count). The molecule has 0 bridgehead atoms. The number of carbonyl (C=O) groups excluding carboxylic acids is 1. The Morgan fingerprint density at radius 3 is 2.54 bits per heavy atom. The van der Waals surface area contributed by atoms with Crippen molar-refractivity contribution in [1.29, 1.82) is 0 Å². The largest absolute Gasteiger partial charge is 0.389 e. The fraction of sp³-hybridized carbons (Fsp3) is 0.211. The van der Waals surface area contributed by atoms with Crippen LogP contribution >= 0.6 is 11.6 Å². The molecular formula is C19H19ClN4O2. The maximum absolute atomic E-state index is 12.5. The van der Waals surface area contributed by atoms with Crippen LogP contribution in [0.25, 0.3) is 5.69 Å². The minimum atomic E-state index is -0.553. The van der Waals surface area contributed by atoms with Gasteiger partial charge in [0, 0.05) is 10.7 Å². The number of aliphatic hydroxyl groups is 1. The minimum Gasteiger partial charge on any atom is -0.389 e. The molecule has 0 aliphatic carbocycles. The topological polar surface area (TPSA) is 80.0 Å². The van der Waals surface area contributed by atoms with E-state index in [4.69, 9.17) is 11.6 Å². The van der Waals surface area contributed by atoms with Crippen molar-refractivity contribution >= 4 is 23.2 Å². The van der Waals surface area contributed by atoms with E-state index in [-0.39, 0.29) is 11.6 Å². The lowest BCUT2D eigenvalue weighted by Gasteiger charge is -2.09. The molecule has 0 unspecified atom stereocenters. The van der Waals surface area contributed by atoms with Crippen LogP contribution < -0.4 is 5.32 Å². The maximum atomic E-state index is 12.5. The number of nitrogens with zero attached hydrogens (tertiary/aromatic N) is 3. The van der Waals surface area contributed by atoms with Gasteiger partial charge in [-0.3, -0.25) is 4.79 Å². The van der Waals surface area contributed by atoms with Gasteiger partial charge in [-0.2, -0.15) is 0 Å². The average Bonchev–Trinajstić information content (AvgIpc) is 2.99. The molecule has 2 aromatic carbocycles. The Bertz CT molecular complexity index is 949. The summed E-state index contributed by atoms with van der Waals surface area (Å²) in [5.41, 5.74) is 4.01. The number of rotatable bonds is 4. The lowest BCUT2D eigenvalue weighted by molar-refractivity contribution is 0.102.